The monoisotopic (exact) mass is 235 g/mol. The van der Waals surface area contributed by atoms with Crippen molar-refractivity contribution >= 4 is 0 Å². The van der Waals surface area contributed by atoms with Crippen molar-refractivity contribution < 1.29 is 13.2 Å². The van der Waals surface area contributed by atoms with Crippen molar-refractivity contribution in [3.63, 3.8) is 0 Å². The highest BCUT2D eigenvalue weighted by Gasteiger charge is 2.29. The van der Waals surface area contributed by atoms with E-state index in [1.807, 2.05) is 19.1 Å². The van der Waals surface area contributed by atoms with Gasteiger partial charge in [0.05, 0.1) is 5.56 Å². The molecule has 0 aliphatic rings. The van der Waals surface area contributed by atoms with Gasteiger partial charge in [0, 0.05) is 0 Å². The molecule has 2 rings (SSSR count). The zero-order valence-corrected chi connectivity index (χ0v) is 9.18. The van der Waals surface area contributed by atoms with Crippen LogP contribution in [-0.4, -0.2) is 0 Å². The molecule has 0 saturated heterocycles. The Morgan fingerprint density at radius 2 is 1.59 bits per heavy atom. The number of hydrogen-bond acceptors (Lipinski definition) is 0. The molecule has 0 unspecified atom stereocenters. The van der Waals surface area contributed by atoms with Crippen LogP contribution in [0.4, 0.5) is 13.2 Å². The maximum atomic E-state index is 12.4. The Bertz CT molecular complexity index is 510. The molecule has 0 atom stereocenters. The summed E-state index contributed by atoms with van der Waals surface area (Å²) in [7, 11) is 0. The number of rotatable bonds is 1. The smallest absolute Gasteiger partial charge is 0.166 e. The van der Waals surface area contributed by atoms with Crippen molar-refractivity contribution in [1.29, 1.82) is 0 Å². The van der Waals surface area contributed by atoms with Crippen LogP contribution in [0.5, 0.6) is 0 Å². The van der Waals surface area contributed by atoms with E-state index in [4.69, 9.17) is 0 Å². The third-order valence-corrected chi connectivity index (χ3v) is 2.49. The zero-order valence-electron chi connectivity index (χ0n) is 9.18. The Morgan fingerprint density at radius 3 is 2.12 bits per heavy atom. The molecule has 0 saturated carbocycles. The van der Waals surface area contributed by atoms with Crippen LogP contribution < -0.4 is 0 Å². The second-order valence-corrected chi connectivity index (χ2v) is 3.84. The highest BCUT2D eigenvalue weighted by molar-refractivity contribution is 5.64. The summed E-state index contributed by atoms with van der Waals surface area (Å²) in [6.45, 7) is 1.90. The topological polar surface area (TPSA) is 0 Å². The normalized spacial score (nSPS) is 11.5. The SMILES string of the molecule is Cc1[c]ccc(-c2ccc(C(F)(F)F)cc2)c1. The molecule has 0 bridgehead atoms. The van der Waals surface area contributed by atoms with E-state index in [-0.39, 0.29) is 0 Å². The van der Waals surface area contributed by atoms with Crippen LogP contribution in [-0.2, 0) is 6.18 Å². The predicted molar refractivity (Wildman–Crippen MR) is 60.5 cm³/mol. The average molecular weight is 235 g/mol. The lowest BCUT2D eigenvalue weighted by atomic mass is 10.0. The van der Waals surface area contributed by atoms with Gasteiger partial charge >= 0.3 is 6.18 Å². The molecule has 0 aromatic heterocycles. The van der Waals surface area contributed by atoms with Gasteiger partial charge in [0.2, 0.25) is 0 Å². The van der Waals surface area contributed by atoms with Gasteiger partial charge in [0.25, 0.3) is 0 Å². The second-order valence-electron chi connectivity index (χ2n) is 3.84. The standard InChI is InChI=1S/C14H10F3/c1-10-3-2-4-12(9-10)11-5-7-13(8-6-11)14(15,16)17/h2,4-9H,1H3. The number of benzene rings is 2. The maximum Gasteiger partial charge on any atom is 0.416 e. The van der Waals surface area contributed by atoms with Crippen molar-refractivity contribution in [3.8, 4) is 11.1 Å². The molecule has 0 spiro atoms. The first kappa shape index (κ1) is 11.7. The first-order chi connectivity index (χ1) is 7.97. The molecule has 87 valence electrons. The van der Waals surface area contributed by atoms with Crippen molar-refractivity contribution in [2.45, 2.75) is 13.1 Å². The summed E-state index contributed by atoms with van der Waals surface area (Å²) >= 11 is 0. The number of halogens is 3. The van der Waals surface area contributed by atoms with Crippen molar-refractivity contribution in [1.82, 2.24) is 0 Å². The lowest BCUT2D eigenvalue weighted by molar-refractivity contribution is -0.137. The van der Waals surface area contributed by atoms with Gasteiger partial charge in [-0.1, -0.05) is 30.3 Å². The second kappa shape index (κ2) is 4.24. The van der Waals surface area contributed by atoms with Gasteiger partial charge in [-0.15, -0.1) is 0 Å². The van der Waals surface area contributed by atoms with E-state index in [2.05, 4.69) is 6.07 Å². The van der Waals surface area contributed by atoms with Crippen molar-refractivity contribution in [3.05, 3.63) is 59.7 Å². The van der Waals surface area contributed by atoms with Gasteiger partial charge in [-0.2, -0.15) is 13.2 Å². The van der Waals surface area contributed by atoms with Crippen LogP contribution in [0.25, 0.3) is 11.1 Å². The average Bonchev–Trinajstić information content (AvgIpc) is 2.28. The Balaban J connectivity index is 2.36. The van der Waals surface area contributed by atoms with E-state index < -0.39 is 11.7 Å². The minimum Gasteiger partial charge on any atom is -0.166 e. The van der Waals surface area contributed by atoms with Crippen LogP contribution in [0.1, 0.15) is 11.1 Å². The van der Waals surface area contributed by atoms with E-state index in [1.165, 1.54) is 12.1 Å². The molecule has 1 radical (unpaired) electrons. The first-order valence-electron chi connectivity index (χ1n) is 5.13. The van der Waals surface area contributed by atoms with Gasteiger partial charge in [0.15, 0.2) is 0 Å². The molecule has 17 heavy (non-hydrogen) atoms. The van der Waals surface area contributed by atoms with Gasteiger partial charge < -0.3 is 0 Å². The van der Waals surface area contributed by atoms with Gasteiger partial charge in [-0.25, -0.2) is 0 Å². The third kappa shape index (κ3) is 2.67. The summed E-state index contributed by atoms with van der Waals surface area (Å²) in [5.41, 5.74) is 2.01. The van der Waals surface area contributed by atoms with Gasteiger partial charge in [0.1, 0.15) is 0 Å². The van der Waals surface area contributed by atoms with Gasteiger partial charge in [-0.3, -0.25) is 0 Å². The minimum atomic E-state index is -4.28. The Labute approximate surface area is 97.7 Å². The summed E-state index contributed by atoms with van der Waals surface area (Å²) in [5.74, 6) is 0. The first-order valence-corrected chi connectivity index (χ1v) is 5.13. The number of alkyl halides is 3. The summed E-state index contributed by atoms with van der Waals surface area (Å²) < 4.78 is 37.1. The van der Waals surface area contributed by atoms with Gasteiger partial charge in [-0.05, 0) is 41.8 Å². The van der Waals surface area contributed by atoms with E-state index in [9.17, 15) is 13.2 Å². The van der Waals surface area contributed by atoms with E-state index in [0.717, 1.165) is 28.8 Å². The van der Waals surface area contributed by atoms with Crippen LogP contribution >= 0.6 is 0 Å². The van der Waals surface area contributed by atoms with Crippen molar-refractivity contribution in [2.24, 2.45) is 0 Å². The molecular weight excluding hydrogens is 225 g/mol. The Morgan fingerprint density at radius 1 is 0.941 bits per heavy atom. The summed E-state index contributed by atoms with van der Waals surface area (Å²) in [6, 6.07) is 13.6. The lowest BCUT2D eigenvalue weighted by Crippen LogP contribution is -2.03. The molecule has 2 aromatic rings. The molecule has 0 aliphatic heterocycles. The van der Waals surface area contributed by atoms with E-state index >= 15 is 0 Å². The third-order valence-electron chi connectivity index (χ3n) is 2.49. The fourth-order valence-electron chi connectivity index (χ4n) is 1.62. The summed E-state index contributed by atoms with van der Waals surface area (Å²) in [6.07, 6.45) is -4.28. The molecule has 0 heterocycles. The quantitative estimate of drug-likeness (QED) is 0.683. The molecule has 0 fully saturated rings. The van der Waals surface area contributed by atoms with E-state index in [0.29, 0.717) is 0 Å². The van der Waals surface area contributed by atoms with Crippen LogP contribution in [0.15, 0.2) is 42.5 Å². The van der Waals surface area contributed by atoms with Crippen molar-refractivity contribution in [2.75, 3.05) is 0 Å². The molecule has 3 heteroatoms. The Hall–Kier alpha value is -1.77. The molecule has 0 nitrogen and oxygen atoms in total. The van der Waals surface area contributed by atoms with E-state index in [1.54, 1.807) is 6.07 Å². The molecule has 0 N–H and O–H groups in total. The largest absolute Gasteiger partial charge is 0.416 e. The Kier molecular flexibility index (Phi) is 2.92. The molecule has 2 aromatic carbocycles. The minimum absolute atomic E-state index is 0.625. The zero-order chi connectivity index (χ0) is 12.5. The molecular formula is C14H10F3. The highest BCUT2D eigenvalue weighted by atomic mass is 19.4. The lowest BCUT2D eigenvalue weighted by Gasteiger charge is -2.08. The van der Waals surface area contributed by atoms with Crippen LogP contribution in [0.3, 0.4) is 0 Å². The fraction of sp³-hybridized carbons (Fsp3) is 0.143. The van der Waals surface area contributed by atoms with Crippen LogP contribution in [0, 0.1) is 13.0 Å². The maximum absolute atomic E-state index is 12.4. The number of aryl methyl sites for hydroxylation is 1. The number of hydrogen-bond donors (Lipinski definition) is 0. The highest BCUT2D eigenvalue weighted by Crippen LogP contribution is 2.30. The fourth-order valence-corrected chi connectivity index (χ4v) is 1.62. The summed E-state index contributed by atoms with van der Waals surface area (Å²) in [4.78, 5) is 0. The summed E-state index contributed by atoms with van der Waals surface area (Å²) in [5, 5.41) is 0. The van der Waals surface area contributed by atoms with Crippen LogP contribution in [0.2, 0.25) is 0 Å². The predicted octanol–water partition coefficient (Wildman–Crippen LogP) is 4.48. The molecule has 0 aliphatic carbocycles. The molecule has 0 amide bonds.